The van der Waals surface area contributed by atoms with Gasteiger partial charge in [0.2, 0.25) is 0 Å². The highest BCUT2D eigenvalue weighted by Crippen LogP contribution is 2.43. The Kier molecular flexibility index (Phi) is 6.09. The number of thiophene rings is 1. The average molecular weight is 669 g/mol. The third-order valence-electron chi connectivity index (χ3n) is 10.1. The Hall–Kier alpha value is -6.56. The minimum atomic E-state index is 0.713. The largest absolute Gasteiger partial charge is 0.307 e. The van der Waals surface area contributed by atoms with Gasteiger partial charge in [-0.3, -0.25) is 4.57 Å². The van der Waals surface area contributed by atoms with Gasteiger partial charge in [0.05, 0.1) is 27.8 Å². The van der Waals surface area contributed by atoms with E-state index < -0.39 is 0 Å². The molecule has 11 rings (SSSR count). The number of fused-ring (bicyclic) bond motifs is 10. The standard InChI is InChI=1S/C46H28N4S/c1-3-14-29(15-4-1)38-28-42(48-46(47-38)37-22-13-21-36-33-20-9-12-25-41(33)51-45(36)37)50-40-24-11-8-19-32(40)35-27-26-34-31-18-7-10-23-39(31)49(43(34)44(35)50)30-16-5-2-6-17-30/h1-28H. The summed E-state index contributed by atoms with van der Waals surface area (Å²) in [6, 6.07) is 60.5. The predicted octanol–water partition coefficient (Wildman–Crippen LogP) is 12.4. The molecule has 11 aromatic rings. The summed E-state index contributed by atoms with van der Waals surface area (Å²) in [5.74, 6) is 1.55. The van der Waals surface area contributed by atoms with E-state index in [4.69, 9.17) is 9.97 Å². The topological polar surface area (TPSA) is 35.6 Å². The first kappa shape index (κ1) is 28.3. The first-order chi connectivity index (χ1) is 25.3. The van der Waals surface area contributed by atoms with Crippen LogP contribution in [0.5, 0.6) is 0 Å². The Bertz CT molecular complexity index is 3130. The summed E-state index contributed by atoms with van der Waals surface area (Å²) in [6.45, 7) is 0. The van der Waals surface area contributed by atoms with Crippen molar-refractivity contribution in [3.8, 4) is 34.2 Å². The normalized spacial score (nSPS) is 11.9. The minimum absolute atomic E-state index is 0.713. The highest BCUT2D eigenvalue weighted by Gasteiger charge is 2.23. The van der Waals surface area contributed by atoms with Crippen molar-refractivity contribution in [3.63, 3.8) is 0 Å². The summed E-state index contributed by atoms with van der Waals surface area (Å²) in [4.78, 5) is 10.8. The van der Waals surface area contributed by atoms with E-state index in [1.165, 1.54) is 47.2 Å². The zero-order chi connectivity index (χ0) is 33.5. The average Bonchev–Trinajstić information content (AvgIpc) is 3.86. The molecule has 238 valence electrons. The first-order valence-electron chi connectivity index (χ1n) is 17.2. The highest BCUT2D eigenvalue weighted by molar-refractivity contribution is 7.26. The number of rotatable bonds is 4. The number of aromatic nitrogens is 4. The van der Waals surface area contributed by atoms with Crippen molar-refractivity contribution in [2.75, 3.05) is 0 Å². The number of hydrogen-bond donors (Lipinski definition) is 0. The van der Waals surface area contributed by atoms with Gasteiger partial charge in [0, 0.05) is 64.6 Å². The molecular formula is C46H28N4S. The Labute approximate surface area is 297 Å². The SMILES string of the molecule is c1ccc(-c2cc(-n3c4ccccc4c4ccc5c6ccccc6n(-c6ccccc6)c5c43)nc(-c3cccc4c3sc3ccccc34)n2)cc1. The zero-order valence-corrected chi connectivity index (χ0v) is 28.2. The van der Waals surface area contributed by atoms with E-state index in [0.717, 1.165) is 44.9 Å². The van der Waals surface area contributed by atoms with E-state index >= 15 is 0 Å². The molecule has 0 N–H and O–H groups in total. The molecule has 0 unspecified atom stereocenters. The van der Waals surface area contributed by atoms with Crippen LogP contribution in [0.25, 0.3) is 97.9 Å². The second-order valence-corrected chi connectivity index (χ2v) is 14.0. The molecule has 0 aliphatic heterocycles. The number of para-hydroxylation sites is 3. The zero-order valence-electron chi connectivity index (χ0n) is 27.4. The summed E-state index contributed by atoms with van der Waals surface area (Å²) in [6.07, 6.45) is 0. The molecule has 0 radical (unpaired) electrons. The van der Waals surface area contributed by atoms with Crippen LogP contribution in [0.15, 0.2) is 170 Å². The second-order valence-electron chi connectivity index (χ2n) is 13.0. The van der Waals surface area contributed by atoms with Gasteiger partial charge in [-0.15, -0.1) is 11.3 Å². The third-order valence-corrected chi connectivity index (χ3v) is 11.4. The van der Waals surface area contributed by atoms with Gasteiger partial charge in [0.25, 0.3) is 0 Å². The van der Waals surface area contributed by atoms with Crippen LogP contribution in [-0.2, 0) is 0 Å². The van der Waals surface area contributed by atoms with E-state index in [-0.39, 0.29) is 0 Å². The molecule has 51 heavy (non-hydrogen) atoms. The minimum Gasteiger partial charge on any atom is -0.307 e. The lowest BCUT2D eigenvalue weighted by Crippen LogP contribution is -2.04. The van der Waals surface area contributed by atoms with Crippen molar-refractivity contribution < 1.29 is 0 Å². The second kappa shape index (κ2) is 11.0. The van der Waals surface area contributed by atoms with Gasteiger partial charge < -0.3 is 4.57 Å². The Morgan fingerprint density at radius 2 is 1.02 bits per heavy atom. The first-order valence-corrected chi connectivity index (χ1v) is 18.0. The molecule has 4 heterocycles. The molecule has 7 aromatic carbocycles. The molecule has 0 spiro atoms. The van der Waals surface area contributed by atoms with Gasteiger partial charge in [0.15, 0.2) is 5.82 Å². The molecule has 0 saturated heterocycles. The van der Waals surface area contributed by atoms with E-state index in [1.54, 1.807) is 11.3 Å². The maximum atomic E-state index is 5.50. The van der Waals surface area contributed by atoms with Crippen LogP contribution in [0.3, 0.4) is 0 Å². The fourth-order valence-corrected chi connectivity index (χ4v) is 9.15. The molecule has 0 aliphatic carbocycles. The van der Waals surface area contributed by atoms with Crippen molar-refractivity contribution in [2.24, 2.45) is 0 Å². The summed E-state index contributed by atoms with van der Waals surface area (Å²) in [5.41, 5.74) is 8.66. The van der Waals surface area contributed by atoms with Gasteiger partial charge in [-0.2, -0.15) is 0 Å². The van der Waals surface area contributed by atoms with Gasteiger partial charge in [-0.05, 0) is 36.4 Å². The third kappa shape index (κ3) is 4.19. The maximum Gasteiger partial charge on any atom is 0.163 e. The van der Waals surface area contributed by atoms with Crippen LogP contribution < -0.4 is 0 Å². The monoisotopic (exact) mass is 668 g/mol. The number of benzene rings is 7. The number of nitrogens with zero attached hydrogens (tertiary/aromatic N) is 4. The van der Waals surface area contributed by atoms with Gasteiger partial charge in [-0.25, -0.2) is 9.97 Å². The van der Waals surface area contributed by atoms with Crippen LogP contribution >= 0.6 is 11.3 Å². The molecule has 0 saturated carbocycles. The predicted molar refractivity (Wildman–Crippen MR) is 214 cm³/mol. The van der Waals surface area contributed by atoms with Crippen molar-refractivity contribution >= 4 is 75.1 Å². The van der Waals surface area contributed by atoms with Gasteiger partial charge >= 0.3 is 0 Å². The molecule has 0 bridgehead atoms. The number of hydrogen-bond acceptors (Lipinski definition) is 3. The smallest absolute Gasteiger partial charge is 0.163 e. The summed E-state index contributed by atoms with van der Waals surface area (Å²) in [5, 5.41) is 7.29. The van der Waals surface area contributed by atoms with E-state index in [1.807, 2.05) is 0 Å². The molecular weight excluding hydrogens is 641 g/mol. The molecule has 0 atom stereocenters. The Morgan fingerprint density at radius 3 is 1.76 bits per heavy atom. The van der Waals surface area contributed by atoms with Crippen LogP contribution in [0, 0.1) is 0 Å². The van der Waals surface area contributed by atoms with Crippen LogP contribution in [0.2, 0.25) is 0 Å². The van der Waals surface area contributed by atoms with Crippen LogP contribution in [0.1, 0.15) is 0 Å². The van der Waals surface area contributed by atoms with E-state index in [9.17, 15) is 0 Å². The fraction of sp³-hybridized carbons (Fsp3) is 0. The van der Waals surface area contributed by atoms with Gasteiger partial charge in [-0.1, -0.05) is 127 Å². The van der Waals surface area contributed by atoms with E-state index in [2.05, 4.69) is 179 Å². The van der Waals surface area contributed by atoms with Crippen molar-refractivity contribution in [1.82, 2.24) is 19.1 Å². The van der Waals surface area contributed by atoms with Crippen LogP contribution in [-0.4, -0.2) is 19.1 Å². The summed E-state index contributed by atoms with van der Waals surface area (Å²) in [7, 11) is 0. The Morgan fingerprint density at radius 1 is 0.431 bits per heavy atom. The molecule has 5 heteroatoms. The quantitative estimate of drug-likeness (QED) is 0.187. The Balaban J connectivity index is 1.30. The van der Waals surface area contributed by atoms with Crippen LogP contribution in [0.4, 0.5) is 0 Å². The highest BCUT2D eigenvalue weighted by atomic mass is 32.1. The fourth-order valence-electron chi connectivity index (χ4n) is 7.93. The molecule has 0 aliphatic rings. The van der Waals surface area contributed by atoms with E-state index in [0.29, 0.717) is 5.82 Å². The lowest BCUT2D eigenvalue weighted by atomic mass is 10.1. The molecule has 4 aromatic heterocycles. The maximum absolute atomic E-state index is 5.50. The summed E-state index contributed by atoms with van der Waals surface area (Å²) < 4.78 is 7.25. The molecule has 4 nitrogen and oxygen atoms in total. The molecule has 0 amide bonds. The summed E-state index contributed by atoms with van der Waals surface area (Å²) >= 11 is 1.81. The molecule has 0 fully saturated rings. The van der Waals surface area contributed by atoms with Crippen molar-refractivity contribution in [2.45, 2.75) is 0 Å². The van der Waals surface area contributed by atoms with Crippen molar-refractivity contribution in [3.05, 3.63) is 170 Å². The van der Waals surface area contributed by atoms with Gasteiger partial charge in [0.1, 0.15) is 5.82 Å². The lowest BCUT2D eigenvalue weighted by molar-refractivity contribution is 1.05. The lowest BCUT2D eigenvalue weighted by Gasteiger charge is -2.14. The van der Waals surface area contributed by atoms with Crippen molar-refractivity contribution in [1.29, 1.82) is 0 Å².